The lowest BCUT2D eigenvalue weighted by Crippen LogP contribution is -2.39. The Hall–Kier alpha value is -0.610. The van der Waals surface area contributed by atoms with Gasteiger partial charge in [-0.3, -0.25) is 4.84 Å². The van der Waals surface area contributed by atoms with E-state index in [0.717, 1.165) is 36.6 Å². The Bertz CT molecular complexity index is 366. The van der Waals surface area contributed by atoms with Crippen molar-refractivity contribution in [1.82, 2.24) is 5.06 Å². The van der Waals surface area contributed by atoms with Crippen molar-refractivity contribution in [2.75, 3.05) is 13.2 Å². The molecule has 2 unspecified atom stereocenters. The third kappa shape index (κ3) is 2.80. The van der Waals surface area contributed by atoms with Crippen molar-refractivity contribution in [1.29, 1.82) is 0 Å². The number of nitrogens with two attached hydrogens (primary N) is 1. The fourth-order valence-electron chi connectivity index (χ4n) is 2.22. The topological polar surface area (TPSA) is 38.5 Å². The zero-order valence-electron chi connectivity index (χ0n) is 10.1. The Labute approximate surface area is 107 Å². The summed E-state index contributed by atoms with van der Waals surface area (Å²) in [5.74, 6) is 0. The standard InChI is InChI=1S/C13H19ClN2O/c1-2-12(15)13(16-8-5-9-17-16)10-6-3-4-7-11(10)14/h3-4,6-7,12-13H,2,5,8-9,15H2,1H3. The molecule has 1 heterocycles. The first-order valence-electron chi connectivity index (χ1n) is 6.13. The zero-order valence-corrected chi connectivity index (χ0v) is 10.9. The van der Waals surface area contributed by atoms with E-state index < -0.39 is 0 Å². The van der Waals surface area contributed by atoms with Gasteiger partial charge in [0.2, 0.25) is 0 Å². The molecule has 0 bridgehead atoms. The molecule has 0 saturated carbocycles. The molecule has 17 heavy (non-hydrogen) atoms. The van der Waals surface area contributed by atoms with Crippen molar-refractivity contribution in [2.24, 2.45) is 5.73 Å². The molecule has 4 heteroatoms. The van der Waals surface area contributed by atoms with Gasteiger partial charge in [0.15, 0.2) is 0 Å². The van der Waals surface area contributed by atoms with Crippen molar-refractivity contribution in [3.8, 4) is 0 Å². The van der Waals surface area contributed by atoms with E-state index >= 15 is 0 Å². The van der Waals surface area contributed by atoms with E-state index in [1.807, 2.05) is 29.3 Å². The molecule has 0 aliphatic carbocycles. The third-order valence-electron chi connectivity index (χ3n) is 3.19. The molecular weight excluding hydrogens is 236 g/mol. The van der Waals surface area contributed by atoms with Crippen LogP contribution in [0, 0.1) is 0 Å². The summed E-state index contributed by atoms with van der Waals surface area (Å²) in [7, 11) is 0. The van der Waals surface area contributed by atoms with Crippen LogP contribution in [0.4, 0.5) is 0 Å². The summed E-state index contributed by atoms with van der Waals surface area (Å²) in [5, 5.41) is 2.74. The summed E-state index contributed by atoms with van der Waals surface area (Å²) >= 11 is 6.26. The molecule has 2 atom stereocenters. The average Bonchev–Trinajstić information content (AvgIpc) is 2.85. The van der Waals surface area contributed by atoms with Crippen LogP contribution >= 0.6 is 11.6 Å². The van der Waals surface area contributed by atoms with Crippen LogP contribution in [0.5, 0.6) is 0 Å². The molecule has 2 N–H and O–H groups in total. The summed E-state index contributed by atoms with van der Waals surface area (Å²) in [6.07, 6.45) is 1.95. The van der Waals surface area contributed by atoms with Gasteiger partial charge in [-0.2, -0.15) is 5.06 Å². The van der Waals surface area contributed by atoms with Gasteiger partial charge in [-0.15, -0.1) is 0 Å². The Morgan fingerprint density at radius 2 is 2.24 bits per heavy atom. The zero-order chi connectivity index (χ0) is 12.3. The maximum absolute atomic E-state index is 6.26. The highest BCUT2D eigenvalue weighted by molar-refractivity contribution is 6.31. The fourth-order valence-corrected chi connectivity index (χ4v) is 2.47. The van der Waals surface area contributed by atoms with Crippen LogP contribution in [0.2, 0.25) is 5.02 Å². The van der Waals surface area contributed by atoms with Gasteiger partial charge in [0, 0.05) is 17.6 Å². The quantitative estimate of drug-likeness (QED) is 0.898. The van der Waals surface area contributed by atoms with Gasteiger partial charge in [0.1, 0.15) is 0 Å². The smallest absolute Gasteiger partial charge is 0.0767 e. The lowest BCUT2D eigenvalue weighted by Gasteiger charge is -2.31. The first-order chi connectivity index (χ1) is 8.24. The minimum absolute atomic E-state index is 0.0352. The second-order valence-electron chi connectivity index (χ2n) is 4.37. The van der Waals surface area contributed by atoms with Crippen LogP contribution in [0.25, 0.3) is 0 Å². The maximum atomic E-state index is 6.26. The molecule has 1 fully saturated rings. The molecule has 0 amide bonds. The Morgan fingerprint density at radius 3 is 2.82 bits per heavy atom. The minimum atomic E-state index is 0.0352. The SMILES string of the molecule is CCC(N)C(c1ccccc1Cl)N1CCCO1. The van der Waals surface area contributed by atoms with E-state index in [0.29, 0.717) is 0 Å². The predicted molar refractivity (Wildman–Crippen MR) is 69.7 cm³/mol. The first-order valence-corrected chi connectivity index (χ1v) is 6.51. The number of benzene rings is 1. The number of nitrogens with zero attached hydrogens (tertiary/aromatic N) is 1. The summed E-state index contributed by atoms with van der Waals surface area (Å²) < 4.78 is 0. The van der Waals surface area contributed by atoms with Gasteiger partial charge in [-0.1, -0.05) is 36.7 Å². The van der Waals surface area contributed by atoms with Gasteiger partial charge in [-0.25, -0.2) is 0 Å². The number of hydrogen-bond acceptors (Lipinski definition) is 3. The van der Waals surface area contributed by atoms with E-state index in [1.165, 1.54) is 0 Å². The number of hydrogen-bond donors (Lipinski definition) is 1. The highest BCUT2D eigenvalue weighted by Crippen LogP contribution is 2.32. The third-order valence-corrected chi connectivity index (χ3v) is 3.54. The molecule has 2 rings (SSSR count). The maximum Gasteiger partial charge on any atom is 0.0767 e. The van der Waals surface area contributed by atoms with E-state index in [4.69, 9.17) is 22.2 Å². The summed E-state index contributed by atoms with van der Waals surface area (Å²) in [6.45, 7) is 3.78. The van der Waals surface area contributed by atoms with Gasteiger partial charge >= 0.3 is 0 Å². The second kappa shape index (κ2) is 5.83. The molecule has 0 radical (unpaired) electrons. The van der Waals surface area contributed by atoms with Gasteiger partial charge in [0.05, 0.1) is 12.6 Å². The molecule has 0 spiro atoms. The average molecular weight is 255 g/mol. The van der Waals surface area contributed by atoms with Crippen LogP contribution < -0.4 is 5.73 Å². The van der Waals surface area contributed by atoms with Crippen molar-refractivity contribution in [3.63, 3.8) is 0 Å². The molecule has 94 valence electrons. The van der Waals surface area contributed by atoms with Crippen molar-refractivity contribution < 1.29 is 4.84 Å². The van der Waals surface area contributed by atoms with Gasteiger partial charge in [0.25, 0.3) is 0 Å². The summed E-state index contributed by atoms with van der Waals surface area (Å²) in [4.78, 5) is 5.64. The summed E-state index contributed by atoms with van der Waals surface area (Å²) in [5.41, 5.74) is 7.28. The first kappa shape index (κ1) is 12.8. The predicted octanol–water partition coefficient (Wildman–Crippen LogP) is 2.76. The fraction of sp³-hybridized carbons (Fsp3) is 0.538. The summed E-state index contributed by atoms with van der Waals surface area (Å²) in [6, 6.07) is 7.95. The van der Waals surface area contributed by atoms with Crippen molar-refractivity contribution in [2.45, 2.75) is 31.8 Å². The van der Waals surface area contributed by atoms with E-state index in [2.05, 4.69) is 6.92 Å². The molecule has 1 aromatic carbocycles. The molecule has 1 aliphatic rings. The number of halogens is 1. The Balaban J connectivity index is 2.29. The highest BCUT2D eigenvalue weighted by atomic mass is 35.5. The molecule has 1 aromatic rings. The lowest BCUT2D eigenvalue weighted by molar-refractivity contribution is -0.148. The van der Waals surface area contributed by atoms with E-state index in [-0.39, 0.29) is 12.1 Å². The van der Waals surface area contributed by atoms with Gasteiger partial charge < -0.3 is 5.73 Å². The Morgan fingerprint density at radius 1 is 1.47 bits per heavy atom. The van der Waals surface area contributed by atoms with Crippen molar-refractivity contribution >= 4 is 11.6 Å². The van der Waals surface area contributed by atoms with E-state index in [1.54, 1.807) is 0 Å². The van der Waals surface area contributed by atoms with Crippen molar-refractivity contribution in [3.05, 3.63) is 34.9 Å². The molecule has 1 saturated heterocycles. The minimum Gasteiger partial charge on any atom is -0.326 e. The van der Waals surface area contributed by atoms with Crippen LogP contribution in [0.15, 0.2) is 24.3 Å². The molecule has 0 aromatic heterocycles. The van der Waals surface area contributed by atoms with Crippen LogP contribution in [0.3, 0.4) is 0 Å². The molecule has 3 nitrogen and oxygen atoms in total. The monoisotopic (exact) mass is 254 g/mol. The molecular formula is C13H19ClN2O. The Kier molecular flexibility index (Phi) is 4.40. The normalized spacial score (nSPS) is 20.4. The number of rotatable bonds is 4. The molecule has 1 aliphatic heterocycles. The largest absolute Gasteiger partial charge is 0.326 e. The van der Waals surface area contributed by atoms with Crippen LogP contribution in [0.1, 0.15) is 31.4 Å². The lowest BCUT2D eigenvalue weighted by atomic mass is 9.97. The van der Waals surface area contributed by atoms with Crippen LogP contribution in [-0.4, -0.2) is 24.3 Å². The van der Waals surface area contributed by atoms with E-state index in [9.17, 15) is 0 Å². The van der Waals surface area contributed by atoms with Gasteiger partial charge in [-0.05, 0) is 24.5 Å². The van der Waals surface area contributed by atoms with Crippen LogP contribution in [-0.2, 0) is 4.84 Å². The number of hydroxylamine groups is 2. The highest BCUT2D eigenvalue weighted by Gasteiger charge is 2.30. The second-order valence-corrected chi connectivity index (χ2v) is 4.77.